The minimum absolute atomic E-state index is 0.222. The molecule has 4 nitrogen and oxygen atoms in total. The van der Waals surface area contributed by atoms with Crippen molar-refractivity contribution in [3.8, 4) is 0 Å². The van der Waals surface area contributed by atoms with Gasteiger partial charge >= 0.3 is 0 Å². The molecule has 21 heavy (non-hydrogen) atoms. The zero-order chi connectivity index (χ0) is 15.6. The maximum Gasteiger partial charge on any atom is 0.227 e. The summed E-state index contributed by atoms with van der Waals surface area (Å²) in [6.07, 6.45) is 0. The van der Waals surface area contributed by atoms with Gasteiger partial charge < -0.3 is 0 Å². The molecule has 0 radical (unpaired) electrons. The maximum atomic E-state index is 13.7. The Labute approximate surface area is 120 Å². The second-order valence-electron chi connectivity index (χ2n) is 4.45. The molecule has 0 aliphatic rings. The molecular weight excluding hydrogens is 300 g/mol. The second kappa shape index (κ2) is 5.69. The number of hydrogen-bond donors (Lipinski definition) is 0. The van der Waals surface area contributed by atoms with Crippen LogP contribution in [0.15, 0.2) is 52.5 Å². The Morgan fingerprint density at radius 1 is 1.00 bits per heavy atom. The molecule has 0 heterocycles. The fraction of sp³-hybridized carbons (Fsp3) is 0.143. The van der Waals surface area contributed by atoms with Crippen molar-refractivity contribution in [1.82, 2.24) is 0 Å². The lowest BCUT2D eigenvalue weighted by atomic mass is 10.2. The number of hydrogen-bond acceptors (Lipinski definition) is 4. The third kappa shape index (κ3) is 2.82. The first kappa shape index (κ1) is 15.2. The van der Waals surface area contributed by atoms with Crippen molar-refractivity contribution in [1.29, 1.82) is 0 Å². The van der Waals surface area contributed by atoms with E-state index in [0.717, 1.165) is 23.8 Å². The number of halogens is 2. The first-order chi connectivity index (χ1) is 9.87. The number of nitroso groups, excluding NO2 is 1. The molecule has 0 aliphatic carbocycles. The van der Waals surface area contributed by atoms with Crippen molar-refractivity contribution < 1.29 is 17.2 Å². The minimum Gasteiger partial charge on any atom is -0.221 e. The van der Waals surface area contributed by atoms with E-state index in [9.17, 15) is 22.1 Å². The molecule has 0 N–H and O–H groups in total. The van der Waals surface area contributed by atoms with Crippen molar-refractivity contribution in [3.05, 3.63) is 70.1 Å². The van der Waals surface area contributed by atoms with Crippen molar-refractivity contribution >= 4 is 9.84 Å². The zero-order valence-corrected chi connectivity index (χ0v) is 11.8. The minimum atomic E-state index is -4.33. The van der Waals surface area contributed by atoms with Gasteiger partial charge in [0.2, 0.25) is 15.2 Å². The van der Waals surface area contributed by atoms with Crippen LogP contribution in [0, 0.1) is 23.5 Å². The van der Waals surface area contributed by atoms with Crippen LogP contribution in [0.25, 0.3) is 0 Å². The summed E-state index contributed by atoms with van der Waals surface area (Å²) < 4.78 is 52.1. The molecule has 2 aromatic carbocycles. The summed E-state index contributed by atoms with van der Waals surface area (Å²) in [5.41, 5.74) is -0.0605. The summed E-state index contributed by atoms with van der Waals surface area (Å²) in [6, 6.07) is 8.40. The summed E-state index contributed by atoms with van der Waals surface area (Å²) in [4.78, 5) is 10.7. The van der Waals surface area contributed by atoms with E-state index in [0.29, 0.717) is 0 Å². The highest BCUT2D eigenvalue weighted by atomic mass is 32.2. The Kier molecular flexibility index (Phi) is 4.13. The molecule has 0 saturated carbocycles. The summed E-state index contributed by atoms with van der Waals surface area (Å²) in [5.74, 6) is -2.26. The number of rotatable bonds is 4. The van der Waals surface area contributed by atoms with Crippen molar-refractivity contribution in [3.63, 3.8) is 0 Å². The summed E-state index contributed by atoms with van der Waals surface area (Å²) in [6.45, 7) is 1.75. The van der Waals surface area contributed by atoms with Crippen molar-refractivity contribution in [2.24, 2.45) is 5.18 Å². The van der Waals surface area contributed by atoms with Crippen LogP contribution < -0.4 is 0 Å². The van der Waals surface area contributed by atoms with E-state index in [2.05, 4.69) is 5.18 Å². The third-order valence-corrected chi connectivity index (χ3v) is 4.82. The highest BCUT2D eigenvalue weighted by Crippen LogP contribution is 2.33. The first-order valence-corrected chi connectivity index (χ1v) is 7.49. The van der Waals surface area contributed by atoms with E-state index in [4.69, 9.17) is 0 Å². The quantitative estimate of drug-likeness (QED) is 0.812. The van der Waals surface area contributed by atoms with Crippen molar-refractivity contribution in [2.75, 3.05) is 0 Å². The van der Waals surface area contributed by atoms with Gasteiger partial charge in [-0.25, -0.2) is 17.2 Å². The van der Waals surface area contributed by atoms with Crippen LogP contribution in [0.2, 0.25) is 0 Å². The summed E-state index contributed by atoms with van der Waals surface area (Å²) in [5, 5.41) is 0.267. The Morgan fingerprint density at radius 3 is 2.00 bits per heavy atom. The second-order valence-corrected chi connectivity index (χ2v) is 6.46. The van der Waals surface area contributed by atoms with Crippen LogP contribution in [0.5, 0.6) is 0 Å². The standard InChI is InChI=1S/C14H11F2NO3S/c1-9-5-7-10(8-6-9)21(19,20)14(17-18)13-11(15)3-2-4-12(13)16/h2-8,14H,1H3. The zero-order valence-electron chi connectivity index (χ0n) is 11.0. The molecule has 0 spiro atoms. The Bertz CT molecular complexity index is 753. The predicted octanol–water partition coefficient (Wildman–Crippen LogP) is 3.51. The highest BCUT2D eigenvalue weighted by Gasteiger charge is 2.34. The molecule has 0 aromatic heterocycles. The van der Waals surface area contributed by atoms with Crippen LogP contribution in [-0.4, -0.2) is 8.42 Å². The average molecular weight is 311 g/mol. The number of sulfone groups is 1. The molecule has 110 valence electrons. The van der Waals surface area contributed by atoms with E-state index in [1.807, 2.05) is 0 Å². The Morgan fingerprint density at radius 2 is 1.52 bits per heavy atom. The van der Waals surface area contributed by atoms with E-state index in [1.165, 1.54) is 24.3 Å². The molecule has 0 fully saturated rings. The molecule has 0 saturated heterocycles. The number of aryl methyl sites for hydroxylation is 1. The van der Waals surface area contributed by atoms with E-state index < -0.39 is 32.4 Å². The molecule has 1 atom stereocenters. The van der Waals surface area contributed by atoms with Crippen LogP contribution in [-0.2, 0) is 9.84 Å². The van der Waals surface area contributed by atoms with Gasteiger partial charge in [-0.05, 0) is 36.4 Å². The average Bonchev–Trinajstić information content (AvgIpc) is 2.43. The van der Waals surface area contributed by atoms with E-state index >= 15 is 0 Å². The fourth-order valence-corrected chi connectivity index (χ4v) is 3.29. The third-order valence-electron chi connectivity index (χ3n) is 2.99. The van der Waals surface area contributed by atoms with Crippen LogP contribution in [0.1, 0.15) is 16.5 Å². The van der Waals surface area contributed by atoms with Crippen LogP contribution in [0.3, 0.4) is 0 Å². The highest BCUT2D eigenvalue weighted by molar-refractivity contribution is 7.91. The molecule has 0 amide bonds. The Balaban J connectivity index is 2.60. The monoisotopic (exact) mass is 311 g/mol. The smallest absolute Gasteiger partial charge is 0.221 e. The Hall–Kier alpha value is -2.15. The van der Waals surface area contributed by atoms with E-state index in [-0.39, 0.29) is 4.90 Å². The lowest BCUT2D eigenvalue weighted by Crippen LogP contribution is -2.14. The lowest BCUT2D eigenvalue weighted by Gasteiger charge is -2.13. The van der Waals surface area contributed by atoms with Crippen LogP contribution >= 0.6 is 0 Å². The maximum absolute atomic E-state index is 13.7. The van der Waals surface area contributed by atoms with Gasteiger partial charge in [0.15, 0.2) is 0 Å². The van der Waals surface area contributed by atoms with Gasteiger partial charge in [0.05, 0.1) is 10.5 Å². The molecule has 0 aliphatic heterocycles. The molecule has 1 unspecified atom stereocenters. The number of nitrogens with zero attached hydrogens (tertiary/aromatic N) is 1. The normalized spacial score (nSPS) is 12.9. The first-order valence-electron chi connectivity index (χ1n) is 5.95. The van der Waals surface area contributed by atoms with Crippen LogP contribution in [0.4, 0.5) is 8.78 Å². The molecular formula is C14H11F2NO3S. The van der Waals surface area contributed by atoms with Gasteiger partial charge in [-0.3, -0.25) is 0 Å². The van der Waals surface area contributed by atoms with Gasteiger partial charge in [-0.2, -0.15) is 0 Å². The fourth-order valence-electron chi connectivity index (χ4n) is 1.87. The van der Waals surface area contributed by atoms with Gasteiger partial charge in [-0.15, -0.1) is 4.91 Å². The van der Waals surface area contributed by atoms with Gasteiger partial charge in [0.1, 0.15) is 11.6 Å². The van der Waals surface area contributed by atoms with Gasteiger partial charge in [0, 0.05) is 0 Å². The predicted molar refractivity (Wildman–Crippen MR) is 73.3 cm³/mol. The SMILES string of the molecule is Cc1ccc(S(=O)(=O)C(N=O)c2c(F)cccc2F)cc1. The topological polar surface area (TPSA) is 63.6 Å². The summed E-state index contributed by atoms with van der Waals surface area (Å²) in [7, 11) is -4.33. The number of benzene rings is 2. The lowest BCUT2D eigenvalue weighted by molar-refractivity contribution is 0.537. The van der Waals surface area contributed by atoms with E-state index in [1.54, 1.807) is 6.92 Å². The largest absolute Gasteiger partial charge is 0.227 e. The molecule has 2 rings (SSSR count). The van der Waals surface area contributed by atoms with Gasteiger partial charge in [0.25, 0.3) is 0 Å². The van der Waals surface area contributed by atoms with Gasteiger partial charge in [-0.1, -0.05) is 23.8 Å². The molecule has 0 bridgehead atoms. The molecule has 2 aromatic rings. The van der Waals surface area contributed by atoms with Crippen molar-refractivity contribution in [2.45, 2.75) is 17.2 Å². The summed E-state index contributed by atoms with van der Waals surface area (Å²) >= 11 is 0. The molecule has 7 heteroatoms.